The fourth-order valence-corrected chi connectivity index (χ4v) is 3.34. The number of carbonyl (C=O) groups is 1. The van der Waals surface area contributed by atoms with Gasteiger partial charge in [-0.15, -0.1) is 0 Å². The molecule has 0 aromatic carbocycles. The first kappa shape index (κ1) is 12.8. The van der Waals surface area contributed by atoms with E-state index in [0.717, 1.165) is 38.6 Å². The molecule has 3 N–H and O–H groups in total. The monoisotopic (exact) mass is 240 g/mol. The van der Waals surface area contributed by atoms with Crippen molar-refractivity contribution in [3.63, 3.8) is 0 Å². The minimum absolute atomic E-state index is 0.00498. The number of nitrogens with zero attached hydrogens (tertiary/aromatic N) is 1. The Kier molecular flexibility index (Phi) is 3.73. The lowest BCUT2D eigenvalue weighted by Gasteiger charge is -2.35. The molecule has 3 atom stereocenters. The summed E-state index contributed by atoms with van der Waals surface area (Å²) in [5.74, 6) is 0.221. The summed E-state index contributed by atoms with van der Waals surface area (Å²) >= 11 is 0. The Labute approximate surface area is 103 Å². The maximum absolute atomic E-state index is 12.6. The Morgan fingerprint density at radius 1 is 1.47 bits per heavy atom. The molecule has 3 unspecified atom stereocenters. The Balaban J connectivity index is 2.08. The Morgan fingerprint density at radius 3 is 2.82 bits per heavy atom. The average molecular weight is 240 g/mol. The van der Waals surface area contributed by atoms with E-state index >= 15 is 0 Å². The van der Waals surface area contributed by atoms with Gasteiger partial charge in [-0.3, -0.25) is 4.79 Å². The number of rotatable bonds is 3. The number of aliphatic hydroxyl groups is 1. The van der Waals surface area contributed by atoms with Gasteiger partial charge in [0.25, 0.3) is 0 Å². The van der Waals surface area contributed by atoms with E-state index in [0.29, 0.717) is 6.42 Å². The second kappa shape index (κ2) is 4.94. The lowest BCUT2D eigenvalue weighted by Crippen LogP contribution is -2.50. The molecule has 2 aliphatic rings. The van der Waals surface area contributed by atoms with Gasteiger partial charge in [-0.2, -0.15) is 0 Å². The van der Waals surface area contributed by atoms with Crippen LogP contribution >= 0.6 is 0 Å². The van der Waals surface area contributed by atoms with Crippen molar-refractivity contribution in [2.75, 3.05) is 13.2 Å². The van der Waals surface area contributed by atoms with Crippen molar-refractivity contribution in [1.82, 2.24) is 4.90 Å². The van der Waals surface area contributed by atoms with Crippen molar-refractivity contribution in [2.45, 2.75) is 57.5 Å². The van der Waals surface area contributed by atoms with Crippen molar-refractivity contribution in [2.24, 2.45) is 11.1 Å². The van der Waals surface area contributed by atoms with Gasteiger partial charge in [0.2, 0.25) is 5.91 Å². The Morgan fingerprint density at radius 2 is 2.24 bits per heavy atom. The highest BCUT2D eigenvalue weighted by atomic mass is 16.3. The molecular formula is C13H24N2O2. The van der Waals surface area contributed by atoms with E-state index in [4.69, 9.17) is 10.8 Å². The summed E-state index contributed by atoms with van der Waals surface area (Å²) in [6, 6.07) is 0.238. The van der Waals surface area contributed by atoms with E-state index < -0.39 is 0 Å². The lowest BCUT2D eigenvalue weighted by atomic mass is 9.83. The zero-order valence-electron chi connectivity index (χ0n) is 10.7. The van der Waals surface area contributed by atoms with Crippen molar-refractivity contribution in [3.8, 4) is 0 Å². The van der Waals surface area contributed by atoms with Gasteiger partial charge >= 0.3 is 0 Å². The van der Waals surface area contributed by atoms with Crippen LogP contribution in [0, 0.1) is 5.41 Å². The summed E-state index contributed by atoms with van der Waals surface area (Å²) in [5.41, 5.74) is 5.74. The van der Waals surface area contributed by atoms with Crippen molar-refractivity contribution in [3.05, 3.63) is 0 Å². The molecule has 1 amide bonds. The molecule has 1 heterocycles. The highest BCUT2D eigenvalue weighted by Crippen LogP contribution is 2.40. The van der Waals surface area contributed by atoms with Crippen molar-refractivity contribution in [1.29, 1.82) is 0 Å². The van der Waals surface area contributed by atoms with Crippen LogP contribution in [-0.4, -0.2) is 41.1 Å². The molecule has 0 aromatic rings. The van der Waals surface area contributed by atoms with Crippen LogP contribution in [0.15, 0.2) is 0 Å². The van der Waals surface area contributed by atoms with Crippen LogP contribution in [0.4, 0.5) is 0 Å². The third-order valence-electron chi connectivity index (χ3n) is 4.62. The molecule has 98 valence electrons. The van der Waals surface area contributed by atoms with Crippen LogP contribution in [0.5, 0.6) is 0 Å². The largest absolute Gasteiger partial charge is 0.396 e. The average Bonchev–Trinajstić information content (AvgIpc) is 2.88. The summed E-state index contributed by atoms with van der Waals surface area (Å²) in [6.45, 7) is 3.02. The molecule has 4 heteroatoms. The van der Waals surface area contributed by atoms with Gasteiger partial charge in [0.15, 0.2) is 0 Å². The molecule has 4 nitrogen and oxygen atoms in total. The lowest BCUT2D eigenvalue weighted by molar-refractivity contribution is -0.142. The van der Waals surface area contributed by atoms with Gasteiger partial charge in [0.1, 0.15) is 0 Å². The minimum Gasteiger partial charge on any atom is -0.396 e. The molecule has 17 heavy (non-hydrogen) atoms. The summed E-state index contributed by atoms with van der Waals surface area (Å²) in [4.78, 5) is 14.6. The normalized spacial score (nSPS) is 37.7. The number of amides is 1. The maximum Gasteiger partial charge on any atom is 0.230 e. The van der Waals surface area contributed by atoms with Gasteiger partial charge in [0.05, 0.1) is 5.41 Å². The van der Waals surface area contributed by atoms with Gasteiger partial charge < -0.3 is 15.7 Å². The summed E-state index contributed by atoms with van der Waals surface area (Å²) in [7, 11) is 0. The zero-order chi connectivity index (χ0) is 12.5. The molecule has 0 bridgehead atoms. The van der Waals surface area contributed by atoms with E-state index in [1.807, 2.05) is 11.8 Å². The zero-order valence-corrected chi connectivity index (χ0v) is 10.7. The quantitative estimate of drug-likeness (QED) is 0.769. The topological polar surface area (TPSA) is 66.6 Å². The van der Waals surface area contributed by atoms with E-state index in [1.165, 1.54) is 0 Å². The SMILES string of the molecule is CC1(C(=O)N2CCCC2CCO)CCCC1N. The van der Waals surface area contributed by atoms with E-state index in [1.54, 1.807) is 0 Å². The first-order chi connectivity index (χ1) is 8.09. The molecule has 2 rings (SSSR count). The molecule has 0 spiro atoms. The molecule has 0 radical (unpaired) electrons. The molecule has 0 aromatic heterocycles. The molecule has 1 aliphatic carbocycles. The van der Waals surface area contributed by atoms with Crippen LogP contribution in [0.25, 0.3) is 0 Å². The molecule has 2 fully saturated rings. The number of carbonyl (C=O) groups excluding carboxylic acids is 1. The number of likely N-dealkylation sites (tertiary alicyclic amines) is 1. The van der Waals surface area contributed by atoms with Crippen LogP contribution in [0.3, 0.4) is 0 Å². The van der Waals surface area contributed by atoms with E-state index in [2.05, 4.69) is 0 Å². The maximum atomic E-state index is 12.6. The second-order valence-electron chi connectivity index (χ2n) is 5.72. The number of hydrogen-bond acceptors (Lipinski definition) is 3. The van der Waals surface area contributed by atoms with E-state index in [9.17, 15) is 4.79 Å². The molecule has 1 saturated heterocycles. The standard InChI is InChI=1S/C13H24N2O2/c1-13(7-2-5-11(13)14)12(17)15-8-3-4-10(15)6-9-16/h10-11,16H,2-9,14H2,1H3. The van der Waals surface area contributed by atoms with Gasteiger partial charge in [-0.25, -0.2) is 0 Å². The minimum atomic E-state index is -0.363. The smallest absolute Gasteiger partial charge is 0.230 e. The van der Waals surface area contributed by atoms with Gasteiger partial charge in [-0.05, 0) is 39.0 Å². The molecule has 1 saturated carbocycles. The number of hydrogen-bond donors (Lipinski definition) is 2. The van der Waals surface area contributed by atoms with Crippen molar-refractivity contribution >= 4 is 5.91 Å². The van der Waals surface area contributed by atoms with Crippen LogP contribution in [0.2, 0.25) is 0 Å². The highest BCUT2D eigenvalue weighted by Gasteiger charge is 2.46. The van der Waals surface area contributed by atoms with Gasteiger partial charge in [0, 0.05) is 25.2 Å². The Bertz CT molecular complexity index is 295. The van der Waals surface area contributed by atoms with E-state index in [-0.39, 0.29) is 30.0 Å². The number of aliphatic hydroxyl groups excluding tert-OH is 1. The summed E-state index contributed by atoms with van der Waals surface area (Å²) in [5, 5.41) is 9.05. The predicted molar refractivity (Wildman–Crippen MR) is 66.4 cm³/mol. The molecule has 1 aliphatic heterocycles. The second-order valence-corrected chi connectivity index (χ2v) is 5.72. The fourth-order valence-electron chi connectivity index (χ4n) is 3.34. The summed E-state index contributed by atoms with van der Waals surface area (Å²) in [6.07, 6.45) is 5.72. The highest BCUT2D eigenvalue weighted by molar-refractivity contribution is 5.84. The third kappa shape index (κ3) is 2.20. The molecular weight excluding hydrogens is 216 g/mol. The summed E-state index contributed by atoms with van der Waals surface area (Å²) < 4.78 is 0. The Hall–Kier alpha value is -0.610. The predicted octanol–water partition coefficient (Wildman–Crippen LogP) is 0.877. The first-order valence-electron chi connectivity index (χ1n) is 6.77. The van der Waals surface area contributed by atoms with Crippen LogP contribution in [0.1, 0.15) is 45.4 Å². The number of nitrogens with two attached hydrogens (primary N) is 1. The van der Waals surface area contributed by atoms with Crippen molar-refractivity contribution < 1.29 is 9.90 Å². The fraction of sp³-hybridized carbons (Fsp3) is 0.923. The van der Waals surface area contributed by atoms with Gasteiger partial charge in [-0.1, -0.05) is 6.42 Å². The van der Waals surface area contributed by atoms with Crippen LogP contribution in [-0.2, 0) is 4.79 Å². The first-order valence-corrected chi connectivity index (χ1v) is 6.77. The third-order valence-corrected chi connectivity index (χ3v) is 4.62. The van der Waals surface area contributed by atoms with Crippen LogP contribution < -0.4 is 5.73 Å².